The van der Waals surface area contributed by atoms with Crippen LogP contribution in [0.2, 0.25) is 0 Å². The number of ether oxygens (including phenoxy) is 1. The lowest BCUT2D eigenvalue weighted by Crippen LogP contribution is -2.31. The summed E-state index contributed by atoms with van der Waals surface area (Å²) < 4.78 is 20.3. The number of unbranched alkanes of at least 4 members (excludes halogenated alkanes) is 1. The molecular weight excluding hydrogens is 413 g/mol. The fourth-order valence-corrected chi connectivity index (χ4v) is 3.29. The van der Waals surface area contributed by atoms with Gasteiger partial charge in [-0.05, 0) is 36.6 Å². The summed E-state index contributed by atoms with van der Waals surface area (Å²) >= 11 is 0. The highest BCUT2D eigenvalue weighted by Crippen LogP contribution is 2.24. The van der Waals surface area contributed by atoms with E-state index in [1.807, 2.05) is 38.1 Å². The van der Waals surface area contributed by atoms with Gasteiger partial charge >= 0.3 is 5.97 Å². The fourth-order valence-electron chi connectivity index (χ4n) is 3.29. The van der Waals surface area contributed by atoms with Crippen molar-refractivity contribution in [2.45, 2.75) is 39.2 Å². The Hall–Kier alpha value is -3.68. The average Bonchev–Trinajstić information content (AvgIpc) is 3.16. The van der Waals surface area contributed by atoms with Gasteiger partial charge in [0.05, 0.1) is 19.1 Å². The third-order valence-electron chi connectivity index (χ3n) is 5.00. The Balaban J connectivity index is 1.82. The van der Waals surface area contributed by atoms with Crippen LogP contribution in [-0.2, 0) is 9.53 Å². The van der Waals surface area contributed by atoms with Crippen molar-refractivity contribution in [1.82, 2.24) is 15.1 Å². The molecule has 1 atom stereocenters. The molecule has 0 bridgehead atoms. The number of rotatable bonds is 9. The van der Waals surface area contributed by atoms with Crippen molar-refractivity contribution in [1.29, 1.82) is 0 Å². The minimum absolute atomic E-state index is 0.0130. The second-order valence-electron chi connectivity index (χ2n) is 7.41. The second kappa shape index (κ2) is 10.6. The minimum atomic E-state index is -0.654. The number of aromatic hydroxyl groups is 1. The number of halogens is 1. The summed E-state index contributed by atoms with van der Waals surface area (Å²) in [6.07, 6.45) is 1.61. The maximum Gasteiger partial charge on any atom is 0.308 e. The van der Waals surface area contributed by atoms with Crippen LogP contribution in [0.5, 0.6) is 5.88 Å². The van der Waals surface area contributed by atoms with Crippen LogP contribution in [0, 0.1) is 12.7 Å². The van der Waals surface area contributed by atoms with Gasteiger partial charge in [0.2, 0.25) is 5.88 Å². The molecule has 168 valence electrons. The first-order valence-electron chi connectivity index (χ1n) is 10.5. The number of carbonyl (C=O) groups is 2. The van der Waals surface area contributed by atoms with E-state index in [1.165, 1.54) is 18.2 Å². The van der Waals surface area contributed by atoms with E-state index in [2.05, 4.69) is 10.4 Å². The van der Waals surface area contributed by atoms with Crippen LogP contribution >= 0.6 is 0 Å². The van der Waals surface area contributed by atoms with Gasteiger partial charge in [0.25, 0.3) is 5.91 Å². The highest BCUT2D eigenvalue weighted by Gasteiger charge is 2.24. The molecule has 0 saturated carbocycles. The molecule has 3 aromatic rings. The first-order valence-corrected chi connectivity index (χ1v) is 10.5. The molecule has 0 aliphatic carbocycles. The lowest BCUT2D eigenvalue weighted by Gasteiger charge is -2.20. The van der Waals surface area contributed by atoms with Crippen molar-refractivity contribution in [2.24, 2.45) is 0 Å². The van der Waals surface area contributed by atoms with E-state index >= 15 is 0 Å². The number of hydrogen-bond donors (Lipinski definition) is 2. The predicted octanol–water partition coefficient (Wildman–Crippen LogP) is 4.23. The van der Waals surface area contributed by atoms with Crippen molar-refractivity contribution in [3.8, 4) is 11.6 Å². The molecule has 1 amide bonds. The molecule has 2 N–H and O–H groups in total. The highest BCUT2D eigenvalue weighted by atomic mass is 19.1. The van der Waals surface area contributed by atoms with Crippen LogP contribution in [0.3, 0.4) is 0 Å². The average molecular weight is 439 g/mol. The molecule has 2 aromatic carbocycles. The van der Waals surface area contributed by atoms with Gasteiger partial charge in [0.1, 0.15) is 11.5 Å². The van der Waals surface area contributed by atoms with Crippen LogP contribution in [0.15, 0.2) is 54.6 Å². The molecule has 7 nitrogen and oxygen atoms in total. The molecule has 3 rings (SSSR count). The van der Waals surface area contributed by atoms with Crippen molar-refractivity contribution < 1.29 is 23.8 Å². The van der Waals surface area contributed by atoms with Crippen molar-refractivity contribution in [3.05, 3.63) is 77.2 Å². The van der Waals surface area contributed by atoms with E-state index in [0.29, 0.717) is 6.61 Å². The Kier molecular flexibility index (Phi) is 7.59. The van der Waals surface area contributed by atoms with Gasteiger partial charge in [-0.15, -0.1) is 0 Å². The standard InChI is InChI=1S/C24H26FN3O4/c1-3-4-13-32-23(30)15-19(17-10-6-5-9-16(17)2)26-24(31)20-14-22(29)28(27-20)21-12-8-7-11-18(21)25/h5-12,14,19,29H,3-4,13,15H2,1-2H3,(H,26,31)/t19-/m0/s1. The molecule has 32 heavy (non-hydrogen) atoms. The molecular formula is C24H26FN3O4. The van der Waals surface area contributed by atoms with Gasteiger partial charge in [-0.3, -0.25) is 9.59 Å². The first-order chi connectivity index (χ1) is 15.4. The van der Waals surface area contributed by atoms with Crippen LogP contribution < -0.4 is 5.32 Å². The second-order valence-corrected chi connectivity index (χ2v) is 7.41. The number of carbonyl (C=O) groups excluding carboxylic acids is 2. The van der Waals surface area contributed by atoms with Gasteiger partial charge < -0.3 is 15.2 Å². The van der Waals surface area contributed by atoms with Crippen LogP contribution in [0.4, 0.5) is 4.39 Å². The largest absolute Gasteiger partial charge is 0.493 e. The molecule has 1 aromatic heterocycles. The smallest absolute Gasteiger partial charge is 0.308 e. The number of esters is 1. The molecule has 0 fully saturated rings. The highest BCUT2D eigenvalue weighted by molar-refractivity contribution is 5.93. The summed E-state index contributed by atoms with van der Waals surface area (Å²) in [5, 5.41) is 17.0. The SMILES string of the molecule is CCCCOC(=O)C[C@H](NC(=O)c1cc(O)n(-c2ccccc2F)n1)c1ccccc1C. The quantitative estimate of drug-likeness (QED) is 0.384. The molecule has 0 spiro atoms. The van der Waals surface area contributed by atoms with E-state index in [9.17, 15) is 19.1 Å². The van der Waals surface area contributed by atoms with Crippen LogP contribution in [0.25, 0.3) is 5.69 Å². The van der Waals surface area contributed by atoms with Gasteiger partial charge in [-0.25, -0.2) is 4.39 Å². The van der Waals surface area contributed by atoms with E-state index in [-0.39, 0.29) is 23.7 Å². The zero-order chi connectivity index (χ0) is 23.1. The maximum absolute atomic E-state index is 14.1. The Morgan fingerprint density at radius 1 is 1.19 bits per heavy atom. The van der Waals surface area contributed by atoms with Gasteiger partial charge in [-0.2, -0.15) is 9.78 Å². The van der Waals surface area contributed by atoms with Crippen molar-refractivity contribution >= 4 is 11.9 Å². The summed E-state index contributed by atoms with van der Waals surface area (Å²) in [6.45, 7) is 4.21. The minimum Gasteiger partial charge on any atom is -0.493 e. The number of para-hydroxylation sites is 1. The van der Waals surface area contributed by atoms with Crippen LogP contribution in [-0.4, -0.2) is 33.4 Å². The normalized spacial score (nSPS) is 11.7. The summed E-state index contributed by atoms with van der Waals surface area (Å²) in [5.74, 6) is -2.01. The number of hydrogen-bond acceptors (Lipinski definition) is 5. The van der Waals surface area contributed by atoms with E-state index in [0.717, 1.165) is 34.7 Å². The van der Waals surface area contributed by atoms with Gasteiger partial charge in [0, 0.05) is 6.07 Å². The molecule has 0 saturated heterocycles. The van der Waals surface area contributed by atoms with Gasteiger partial charge in [0.15, 0.2) is 5.69 Å². The van der Waals surface area contributed by atoms with E-state index in [1.54, 1.807) is 6.07 Å². The molecule has 0 aliphatic heterocycles. The molecule has 0 radical (unpaired) electrons. The molecule has 1 heterocycles. The van der Waals surface area contributed by atoms with E-state index in [4.69, 9.17) is 4.74 Å². The van der Waals surface area contributed by atoms with Gasteiger partial charge in [-0.1, -0.05) is 49.7 Å². The van der Waals surface area contributed by atoms with Crippen molar-refractivity contribution in [3.63, 3.8) is 0 Å². The topological polar surface area (TPSA) is 93.5 Å². The lowest BCUT2D eigenvalue weighted by molar-refractivity contribution is -0.144. The summed E-state index contributed by atoms with van der Waals surface area (Å²) in [5.41, 5.74) is 1.58. The first kappa shape index (κ1) is 23.0. The van der Waals surface area contributed by atoms with Crippen LogP contribution in [0.1, 0.15) is 53.8 Å². The summed E-state index contributed by atoms with van der Waals surface area (Å²) in [7, 11) is 0. The third kappa shape index (κ3) is 5.51. The Bertz CT molecular complexity index is 1100. The zero-order valence-electron chi connectivity index (χ0n) is 18.0. The maximum atomic E-state index is 14.1. The molecule has 0 unspecified atom stereocenters. The number of amides is 1. The number of benzene rings is 2. The monoisotopic (exact) mass is 439 g/mol. The Morgan fingerprint density at radius 2 is 1.91 bits per heavy atom. The predicted molar refractivity (Wildman–Crippen MR) is 117 cm³/mol. The Morgan fingerprint density at radius 3 is 2.62 bits per heavy atom. The molecule has 8 heteroatoms. The molecule has 0 aliphatic rings. The number of aromatic nitrogens is 2. The third-order valence-corrected chi connectivity index (χ3v) is 5.00. The fraction of sp³-hybridized carbons (Fsp3) is 0.292. The van der Waals surface area contributed by atoms with Crippen molar-refractivity contribution in [2.75, 3.05) is 6.61 Å². The zero-order valence-corrected chi connectivity index (χ0v) is 18.0. The summed E-state index contributed by atoms with van der Waals surface area (Å²) in [6, 6.07) is 13.7. The number of nitrogens with zero attached hydrogens (tertiary/aromatic N) is 2. The number of nitrogens with one attached hydrogen (secondary N) is 1. The van der Waals surface area contributed by atoms with E-state index < -0.39 is 23.7 Å². The summed E-state index contributed by atoms with van der Waals surface area (Å²) in [4.78, 5) is 25.3. The Labute approximate surface area is 185 Å². The number of aryl methyl sites for hydroxylation is 1. The lowest BCUT2D eigenvalue weighted by atomic mass is 9.98.